The van der Waals surface area contributed by atoms with Gasteiger partial charge in [-0.05, 0) is 22.6 Å². The molecule has 3 heterocycles. The fourth-order valence-corrected chi connectivity index (χ4v) is 2.43. The van der Waals surface area contributed by atoms with Crippen LogP contribution < -0.4 is 5.44 Å². The molecule has 0 radical (unpaired) electrons. The summed E-state index contributed by atoms with van der Waals surface area (Å²) >= 11 is 0. The standard InChI is InChI=1S/C8H7N6O3P/c15-18(16,17)7-3-1-2-6-9-4-5(14(6)7)8-10-12-13-11-8/h1-4H,(H2,15,16,17)(H,10,11,12,13). The van der Waals surface area contributed by atoms with Gasteiger partial charge in [-0.25, -0.2) is 10.1 Å². The highest BCUT2D eigenvalue weighted by molar-refractivity contribution is 7.60. The maximum absolute atomic E-state index is 11.5. The monoisotopic (exact) mass is 266 g/mol. The second kappa shape index (κ2) is 3.70. The van der Waals surface area contributed by atoms with Crippen LogP contribution in [0.15, 0.2) is 24.4 Å². The normalized spacial score (nSPS) is 12.1. The molecule has 3 aromatic heterocycles. The largest absolute Gasteiger partial charge is 0.372 e. The van der Waals surface area contributed by atoms with Crippen molar-refractivity contribution in [3.63, 3.8) is 0 Å². The summed E-state index contributed by atoms with van der Waals surface area (Å²) in [4.78, 5) is 22.7. The molecule has 3 aromatic rings. The Kier molecular flexibility index (Phi) is 2.27. The van der Waals surface area contributed by atoms with Gasteiger partial charge in [0.05, 0.1) is 6.20 Å². The van der Waals surface area contributed by atoms with Gasteiger partial charge in [-0.15, -0.1) is 5.10 Å². The van der Waals surface area contributed by atoms with Crippen LogP contribution in [0.5, 0.6) is 0 Å². The van der Waals surface area contributed by atoms with Crippen LogP contribution in [0.3, 0.4) is 0 Å². The van der Waals surface area contributed by atoms with Crippen LogP contribution in [-0.2, 0) is 4.57 Å². The van der Waals surface area contributed by atoms with E-state index in [1.54, 1.807) is 6.07 Å². The number of nitrogens with zero attached hydrogens (tertiary/aromatic N) is 5. The third kappa shape index (κ3) is 1.61. The number of rotatable bonds is 2. The average molecular weight is 266 g/mol. The summed E-state index contributed by atoms with van der Waals surface area (Å²) in [5.41, 5.74) is 0.625. The molecule has 9 nitrogen and oxygen atoms in total. The van der Waals surface area contributed by atoms with Crippen molar-refractivity contribution < 1.29 is 14.4 Å². The van der Waals surface area contributed by atoms with E-state index in [9.17, 15) is 14.4 Å². The molecule has 92 valence electrons. The van der Waals surface area contributed by atoms with Gasteiger partial charge < -0.3 is 9.79 Å². The molecule has 0 spiro atoms. The molecule has 0 unspecified atom stereocenters. The number of hydrogen-bond donors (Lipinski definition) is 3. The summed E-state index contributed by atoms with van der Waals surface area (Å²) in [6, 6.07) is 4.49. The second-order valence-electron chi connectivity index (χ2n) is 3.51. The quantitative estimate of drug-likeness (QED) is 0.524. The lowest BCUT2D eigenvalue weighted by Gasteiger charge is -2.08. The molecule has 0 aliphatic rings. The van der Waals surface area contributed by atoms with E-state index in [1.165, 1.54) is 22.7 Å². The topological polar surface area (TPSA) is 129 Å². The summed E-state index contributed by atoms with van der Waals surface area (Å²) in [6.45, 7) is 0. The highest BCUT2D eigenvalue weighted by Crippen LogP contribution is 2.34. The number of aromatic nitrogens is 6. The number of fused-ring (bicyclic) bond motifs is 1. The predicted octanol–water partition coefficient (Wildman–Crippen LogP) is -0.683. The molecular weight excluding hydrogens is 259 g/mol. The van der Waals surface area contributed by atoms with E-state index in [0.717, 1.165) is 0 Å². The van der Waals surface area contributed by atoms with Crippen molar-refractivity contribution >= 4 is 18.7 Å². The van der Waals surface area contributed by atoms with Crippen LogP contribution in [0.4, 0.5) is 0 Å². The van der Waals surface area contributed by atoms with Crippen LogP contribution in [0.2, 0.25) is 0 Å². The molecule has 0 saturated heterocycles. The minimum atomic E-state index is -4.42. The van der Waals surface area contributed by atoms with Gasteiger partial charge in [-0.3, -0.25) is 8.97 Å². The number of hydrogen-bond acceptors (Lipinski definition) is 5. The van der Waals surface area contributed by atoms with E-state index in [-0.39, 0.29) is 11.3 Å². The number of pyridine rings is 1. The Labute approximate surface area is 99.7 Å². The Morgan fingerprint density at radius 3 is 2.83 bits per heavy atom. The summed E-state index contributed by atoms with van der Waals surface area (Å²) < 4.78 is 12.8. The maximum Gasteiger partial charge on any atom is 0.372 e. The fourth-order valence-electron chi connectivity index (χ4n) is 1.68. The Morgan fingerprint density at radius 1 is 1.33 bits per heavy atom. The Balaban J connectivity index is 2.39. The Hall–Kier alpha value is -2.09. The SMILES string of the molecule is O=P(O)(O)c1cccc2ncc(-c3nnn[nH]3)n12. The number of imidazole rings is 1. The van der Waals surface area contributed by atoms with E-state index in [2.05, 4.69) is 25.6 Å². The fraction of sp³-hybridized carbons (Fsp3) is 0. The van der Waals surface area contributed by atoms with Crippen molar-refractivity contribution in [1.29, 1.82) is 0 Å². The van der Waals surface area contributed by atoms with Crippen molar-refractivity contribution in [3.05, 3.63) is 24.4 Å². The van der Waals surface area contributed by atoms with Crippen molar-refractivity contribution in [3.8, 4) is 11.5 Å². The van der Waals surface area contributed by atoms with Gasteiger partial charge in [0.15, 0.2) is 5.82 Å². The smallest absolute Gasteiger partial charge is 0.320 e. The summed E-state index contributed by atoms with van der Waals surface area (Å²) in [7, 11) is -4.42. The van der Waals surface area contributed by atoms with Crippen LogP contribution in [0.25, 0.3) is 17.2 Å². The van der Waals surface area contributed by atoms with Crippen LogP contribution in [-0.4, -0.2) is 39.8 Å². The highest BCUT2D eigenvalue weighted by Gasteiger charge is 2.23. The molecule has 0 amide bonds. The first-order valence-corrected chi connectivity index (χ1v) is 6.45. The molecule has 0 bridgehead atoms. The van der Waals surface area contributed by atoms with Crippen LogP contribution in [0, 0.1) is 0 Å². The van der Waals surface area contributed by atoms with Gasteiger partial charge >= 0.3 is 7.60 Å². The number of nitrogens with one attached hydrogen (secondary N) is 1. The molecule has 0 saturated carbocycles. The zero-order chi connectivity index (χ0) is 12.8. The lowest BCUT2D eigenvalue weighted by atomic mass is 10.4. The lowest BCUT2D eigenvalue weighted by molar-refractivity contribution is 0.386. The average Bonchev–Trinajstić information content (AvgIpc) is 2.95. The minimum absolute atomic E-state index is 0.163. The van der Waals surface area contributed by atoms with Gasteiger partial charge in [0.1, 0.15) is 16.8 Å². The predicted molar refractivity (Wildman–Crippen MR) is 60.0 cm³/mol. The van der Waals surface area contributed by atoms with E-state index in [4.69, 9.17) is 0 Å². The van der Waals surface area contributed by atoms with E-state index in [1.807, 2.05) is 0 Å². The molecule has 18 heavy (non-hydrogen) atoms. The molecule has 0 aliphatic heterocycles. The molecule has 0 atom stereocenters. The molecule has 3 N–H and O–H groups in total. The van der Waals surface area contributed by atoms with Gasteiger partial charge in [-0.1, -0.05) is 6.07 Å². The van der Waals surface area contributed by atoms with Crippen molar-refractivity contribution in [1.82, 2.24) is 30.0 Å². The van der Waals surface area contributed by atoms with Gasteiger partial charge in [0, 0.05) is 0 Å². The van der Waals surface area contributed by atoms with Crippen LogP contribution >= 0.6 is 7.60 Å². The molecule has 10 heteroatoms. The number of tetrazole rings is 1. The maximum atomic E-state index is 11.5. The lowest BCUT2D eigenvalue weighted by Crippen LogP contribution is -2.15. The van der Waals surface area contributed by atoms with Gasteiger partial charge in [0.2, 0.25) is 0 Å². The van der Waals surface area contributed by atoms with E-state index < -0.39 is 7.60 Å². The first-order valence-electron chi connectivity index (χ1n) is 4.84. The molecule has 0 aliphatic carbocycles. The third-order valence-corrected chi connectivity index (χ3v) is 3.34. The highest BCUT2D eigenvalue weighted by atomic mass is 31.2. The zero-order valence-corrected chi connectivity index (χ0v) is 9.69. The number of aromatic amines is 1. The summed E-state index contributed by atoms with van der Waals surface area (Å²) in [6.07, 6.45) is 1.44. The Bertz CT molecular complexity index is 745. The van der Waals surface area contributed by atoms with Crippen LogP contribution in [0.1, 0.15) is 0 Å². The van der Waals surface area contributed by atoms with Gasteiger partial charge in [0.25, 0.3) is 0 Å². The Morgan fingerprint density at radius 2 is 2.17 bits per heavy atom. The summed E-state index contributed by atoms with van der Waals surface area (Å²) in [5, 5.41) is 13.1. The first kappa shape index (κ1) is 11.0. The first-order chi connectivity index (χ1) is 8.57. The second-order valence-corrected chi connectivity index (χ2v) is 5.06. The minimum Gasteiger partial charge on any atom is -0.320 e. The molecule has 0 fully saturated rings. The molecule has 3 rings (SSSR count). The van der Waals surface area contributed by atoms with E-state index in [0.29, 0.717) is 11.3 Å². The molecular formula is C8H7N6O3P. The van der Waals surface area contributed by atoms with Crippen molar-refractivity contribution in [2.75, 3.05) is 0 Å². The van der Waals surface area contributed by atoms with Crippen molar-refractivity contribution in [2.45, 2.75) is 0 Å². The third-order valence-electron chi connectivity index (χ3n) is 2.40. The zero-order valence-electron chi connectivity index (χ0n) is 8.80. The van der Waals surface area contributed by atoms with Crippen molar-refractivity contribution in [2.24, 2.45) is 0 Å². The number of H-pyrrole nitrogens is 1. The molecule has 0 aromatic carbocycles. The summed E-state index contributed by atoms with van der Waals surface area (Å²) in [5.74, 6) is 0.281. The van der Waals surface area contributed by atoms with E-state index >= 15 is 0 Å². The van der Waals surface area contributed by atoms with Gasteiger partial charge in [-0.2, -0.15) is 0 Å².